The predicted molar refractivity (Wildman–Crippen MR) is 74.6 cm³/mol. The van der Waals surface area contributed by atoms with Crippen molar-refractivity contribution in [3.8, 4) is 0 Å². The van der Waals surface area contributed by atoms with Crippen LogP contribution in [0.15, 0.2) is 48.7 Å². The van der Waals surface area contributed by atoms with Crippen molar-refractivity contribution in [1.29, 1.82) is 0 Å². The van der Waals surface area contributed by atoms with Gasteiger partial charge in [0.25, 0.3) is 5.91 Å². The number of benzene rings is 1. The van der Waals surface area contributed by atoms with Crippen LogP contribution in [0.5, 0.6) is 0 Å². The third kappa shape index (κ3) is 3.85. The first-order valence-corrected chi connectivity index (χ1v) is 6.28. The molecule has 6 heteroatoms. The van der Waals surface area contributed by atoms with Crippen LogP contribution in [-0.2, 0) is 4.79 Å². The summed E-state index contributed by atoms with van der Waals surface area (Å²) in [6.45, 7) is 0.0111. The average molecular weight is 288 g/mol. The molecule has 1 N–H and O–H groups in total. The van der Waals surface area contributed by atoms with Gasteiger partial charge in [-0.1, -0.05) is 18.2 Å². The smallest absolute Gasteiger partial charge is 0.305 e. The third-order valence-electron chi connectivity index (χ3n) is 2.81. The number of carbonyl (C=O) groups is 2. The molecule has 0 aliphatic heterocycles. The molecule has 0 saturated carbocycles. The van der Waals surface area contributed by atoms with Gasteiger partial charge in [-0.15, -0.1) is 0 Å². The standard InChI is InChI=1S/C15H13FN2O3/c16-11-6-7-13(17-10-11)15(21)18(9-8-14(19)20)12-4-2-1-3-5-12/h1-7,10H,8-9H2,(H,19,20). The van der Waals surface area contributed by atoms with Gasteiger partial charge in [0.15, 0.2) is 0 Å². The fraction of sp³-hybridized carbons (Fsp3) is 0.133. The van der Waals surface area contributed by atoms with Crippen molar-refractivity contribution >= 4 is 17.6 Å². The van der Waals surface area contributed by atoms with Gasteiger partial charge in [0.05, 0.1) is 12.6 Å². The van der Waals surface area contributed by atoms with E-state index >= 15 is 0 Å². The fourth-order valence-corrected chi connectivity index (χ4v) is 1.80. The summed E-state index contributed by atoms with van der Waals surface area (Å²) in [6, 6.07) is 11.1. The van der Waals surface area contributed by atoms with Crippen molar-refractivity contribution in [2.45, 2.75) is 6.42 Å². The highest BCUT2D eigenvalue weighted by Crippen LogP contribution is 2.16. The highest BCUT2D eigenvalue weighted by Gasteiger charge is 2.19. The van der Waals surface area contributed by atoms with Crippen LogP contribution in [0.3, 0.4) is 0 Å². The van der Waals surface area contributed by atoms with E-state index in [1.165, 1.54) is 11.0 Å². The van der Waals surface area contributed by atoms with Crippen LogP contribution in [0.4, 0.5) is 10.1 Å². The van der Waals surface area contributed by atoms with Gasteiger partial charge >= 0.3 is 5.97 Å². The molecule has 5 nitrogen and oxygen atoms in total. The minimum atomic E-state index is -1.00. The Hall–Kier alpha value is -2.76. The van der Waals surface area contributed by atoms with E-state index in [-0.39, 0.29) is 18.7 Å². The molecular weight excluding hydrogens is 275 g/mol. The number of hydrogen-bond donors (Lipinski definition) is 1. The summed E-state index contributed by atoms with van der Waals surface area (Å²) in [7, 11) is 0. The molecule has 0 bridgehead atoms. The lowest BCUT2D eigenvalue weighted by Gasteiger charge is -2.21. The normalized spacial score (nSPS) is 10.1. The molecule has 1 heterocycles. The van der Waals surface area contributed by atoms with Gasteiger partial charge in [0, 0.05) is 12.2 Å². The van der Waals surface area contributed by atoms with Crippen molar-refractivity contribution in [1.82, 2.24) is 4.98 Å². The SMILES string of the molecule is O=C(O)CCN(C(=O)c1ccc(F)cn1)c1ccccc1. The predicted octanol–water partition coefficient (Wildman–Crippen LogP) is 2.34. The first-order chi connectivity index (χ1) is 10.1. The van der Waals surface area contributed by atoms with E-state index < -0.39 is 17.7 Å². The number of nitrogens with zero attached hydrogens (tertiary/aromatic N) is 2. The van der Waals surface area contributed by atoms with Crippen LogP contribution in [-0.4, -0.2) is 28.5 Å². The summed E-state index contributed by atoms with van der Waals surface area (Å²) in [4.78, 5) is 28.2. The number of aliphatic carboxylic acids is 1. The molecule has 0 aliphatic carbocycles. The molecule has 0 unspecified atom stereocenters. The summed E-state index contributed by atoms with van der Waals surface area (Å²) in [5.74, 6) is -2.01. The second-order valence-corrected chi connectivity index (χ2v) is 4.30. The van der Waals surface area contributed by atoms with E-state index in [2.05, 4.69) is 4.98 Å². The van der Waals surface area contributed by atoms with Gasteiger partial charge in [-0.2, -0.15) is 0 Å². The lowest BCUT2D eigenvalue weighted by atomic mass is 10.2. The molecule has 2 rings (SSSR count). The molecule has 0 fully saturated rings. The maximum Gasteiger partial charge on any atom is 0.305 e. The monoisotopic (exact) mass is 288 g/mol. The van der Waals surface area contributed by atoms with E-state index in [0.717, 1.165) is 12.3 Å². The van der Waals surface area contributed by atoms with Gasteiger partial charge in [-0.3, -0.25) is 9.59 Å². The number of rotatable bonds is 5. The number of halogens is 1. The summed E-state index contributed by atoms with van der Waals surface area (Å²) < 4.78 is 12.9. The summed E-state index contributed by atoms with van der Waals surface area (Å²) in [5, 5.41) is 8.79. The first kappa shape index (κ1) is 14.6. The van der Waals surface area contributed by atoms with Crippen molar-refractivity contribution < 1.29 is 19.1 Å². The first-order valence-electron chi connectivity index (χ1n) is 6.28. The number of aromatic nitrogens is 1. The summed E-state index contributed by atoms with van der Waals surface area (Å²) in [6.07, 6.45) is 0.759. The maximum atomic E-state index is 12.9. The number of hydrogen-bond acceptors (Lipinski definition) is 3. The Balaban J connectivity index is 2.28. The van der Waals surface area contributed by atoms with Gasteiger partial charge in [-0.05, 0) is 24.3 Å². The molecule has 1 aromatic carbocycles. The minimum Gasteiger partial charge on any atom is -0.481 e. The minimum absolute atomic E-state index is 0.0111. The number of carboxylic acid groups (broad SMARTS) is 1. The van der Waals surface area contributed by atoms with Gasteiger partial charge in [0.1, 0.15) is 11.5 Å². The zero-order valence-electron chi connectivity index (χ0n) is 11.1. The van der Waals surface area contributed by atoms with E-state index in [4.69, 9.17) is 5.11 Å². The van der Waals surface area contributed by atoms with Crippen LogP contribution in [0.1, 0.15) is 16.9 Å². The second-order valence-electron chi connectivity index (χ2n) is 4.30. The van der Waals surface area contributed by atoms with E-state index in [1.807, 2.05) is 0 Å². The van der Waals surface area contributed by atoms with Crippen LogP contribution >= 0.6 is 0 Å². The van der Waals surface area contributed by atoms with Gasteiger partial charge < -0.3 is 10.0 Å². The van der Waals surface area contributed by atoms with Crippen molar-refractivity contribution in [2.24, 2.45) is 0 Å². The van der Waals surface area contributed by atoms with Crippen LogP contribution in [0.2, 0.25) is 0 Å². The number of anilines is 1. The molecule has 108 valence electrons. The van der Waals surface area contributed by atoms with E-state index in [0.29, 0.717) is 5.69 Å². The topological polar surface area (TPSA) is 70.5 Å². The number of carbonyl (C=O) groups excluding carboxylic acids is 1. The Bertz CT molecular complexity index is 629. The average Bonchev–Trinajstić information content (AvgIpc) is 2.49. The lowest BCUT2D eigenvalue weighted by molar-refractivity contribution is -0.136. The van der Waals surface area contributed by atoms with Crippen molar-refractivity contribution in [3.63, 3.8) is 0 Å². The van der Waals surface area contributed by atoms with Crippen molar-refractivity contribution in [2.75, 3.05) is 11.4 Å². The number of para-hydroxylation sites is 1. The van der Waals surface area contributed by atoms with Gasteiger partial charge in [-0.25, -0.2) is 9.37 Å². The van der Waals surface area contributed by atoms with Crippen LogP contribution in [0, 0.1) is 5.82 Å². The highest BCUT2D eigenvalue weighted by atomic mass is 19.1. The van der Waals surface area contributed by atoms with E-state index in [9.17, 15) is 14.0 Å². The Morgan fingerprint density at radius 3 is 2.43 bits per heavy atom. The number of carboxylic acids is 1. The maximum absolute atomic E-state index is 12.9. The largest absolute Gasteiger partial charge is 0.481 e. The molecule has 2 aromatic rings. The molecule has 0 spiro atoms. The molecule has 1 aromatic heterocycles. The summed E-state index contributed by atoms with van der Waals surface area (Å²) >= 11 is 0. The summed E-state index contributed by atoms with van der Waals surface area (Å²) in [5.41, 5.74) is 0.625. The van der Waals surface area contributed by atoms with Crippen LogP contribution in [0.25, 0.3) is 0 Å². The molecule has 0 saturated heterocycles. The van der Waals surface area contributed by atoms with Crippen molar-refractivity contribution in [3.05, 3.63) is 60.2 Å². The zero-order chi connectivity index (χ0) is 15.2. The number of amides is 1. The Morgan fingerprint density at radius 1 is 1.14 bits per heavy atom. The molecule has 1 amide bonds. The fourth-order valence-electron chi connectivity index (χ4n) is 1.80. The highest BCUT2D eigenvalue weighted by molar-refractivity contribution is 6.04. The van der Waals surface area contributed by atoms with Crippen LogP contribution < -0.4 is 4.90 Å². The molecule has 0 atom stereocenters. The second kappa shape index (κ2) is 6.60. The van der Waals surface area contributed by atoms with E-state index in [1.54, 1.807) is 30.3 Å². The molecule has 0 radical (unpaired) electrons. The third-order valence-corrected chi connectivity index (χ3v) is 2.81. The quantitative estimate of drug-likeness (QED) is 0.916. The Kier molecular flexibility index (Phi) is 4.61. The Labute approximate surface area is 120 Å². The molecule has 21 heavy (non-hydrogen) atoms. The van der Waals surface area contributed by atoms with Gasteiger partial charge in [0.2, 0.25) is 0 Å². The Morgan fingerprint density at radius 2 is 1.86 bits per heavy atom. The molecular formula is C15H13FN2O3. The zero-order valence-corrected chi connectivity index (χ0v) is 11.1. The molecule has 0 aliphatic rings. The lowest BCUT2D eigenvalue weighted by Crippen LogP contribution is -2.33. The number of pyridine rings is 1.